The normalized spacial score (nSPS) is 22.0. The Morgan fingerprint density at radius 2 is 2.08 bits per heavy atom. The van der Waals surface area contributed by atoms with E-state index in [1.807, 2.05) is 13.8 Å². The summed E-state index contributed by atoms with van der Waals surface area (Å²) in [5.74, 6) is -0.332. The lowest BCUT2D eigenvalue weighted by atomic mass is 9.63. The first kappa shape index (κ1) is 18.4. The Morgan fingerprint density at radius 3 is 2.62 bits per heavy atom. The van der Waals surface area contributed by atoms with E-state index in [9.17, 15) is 14.4 Å². The monoisotopic (exact) mass is 337 g/mol. The molecule has 1 aliphatic carbocycles. The zero-order valence-electron chi connectivity index (χ0n) is 15.1. The lowest BCUT2D eigenvalue weighted by Crippen LogP contribution is -2.63. The molecule has 1 aliphatic rings. The number of aromatic nitrogens is 2. The molecule has 0 aromatic carbocycles. The summed E-state index contributed by atoms with van der Waals surface area (Å²) in [5, 5.41) is 0. The Kier molecular flexibility index (Phi) is 5.32. The van der Waals surface area contributed by atoms with Crippen molar-refractivity contribution in [1.29, 1.82) is 0 Å². The van der Waals surface area contributed by atoms with Crippen LogP contribution in [0.3, 0.4) is 0 Å². The van der Waals surface area contributed by atoms with Gasteiger partial charge in [0.25, 0.3) is 11.5 Å². The van der Waals surface area contributed by atoms with Crippen molar-refractivity contribution in [3.05, 3.63) is 32.6 Å². The molecule has 134 valence electrons. The first-order valence-corrected chi connectivity index (χ1v) is 8.46. The number of nitrogens with zero attached hydrogens (tertiary/aromatic N) is 2. The van der Waals surface area contributed by atoms with Crippen molar-refractivity contribution in [3.8, 4) is 0 Å². The van der Waals surface area contributed by atoms with Crippen LogP contribution >= 0.6 is 0 Å². The number of carbonyl (C=O) groups is 1. The Morgan fingerprint density at radius 1 is 1.42 bits per heavy atom. The molecule has 1 saturated carbocycles. The van der Waals surface area contributed by atoms with E-state index in [1.54, 1.807) is 4.90 Å². The molecular formula is C17H27N3O4. The SMILES string of the molecule is CCCN(C(=O)c1c[nH]c(=O)n(C)c1=O)[C@H]1C[C@@H](OCC)C1(C)C. The average Bonchev–Trinajstić information content (AvgIpc) is 2.54. The van der Waals surface area contributed by atoms with Crippen molar-refractivity contribution in [3.63, 3.8) is 0 Å². The van der Waals surface area contributed by atoms with Crippen LogP contribution in [0.5, 0.6) is 0 Å². The van der Waals surface area contributed by atoms with Crippen LogP contribution in [0.15, 0.2) is 15.8 Å². The lowest BCUT2D eigenvalue weighted by molar-refractivity contribution is -0.140. The fourth-order valence-corrected chi connectivity index (χ4v) is 3.39. The van der Waals surface area contributed by atoms with Gasteiger partial charge in [-0.15, -0.1) is 0 Å². The number of hydrogen-bond donors (Lipinski definition) is 1. The molecule has 0 unspecified atom stereocenters. The van der Waals surface area contributed by atoms with Crippen LogP contribution in [0, 0.1) is 5.41 Å². The summed E-state index contributed by atoms with van der Waals surface area (Å²) in [6.45, 7) is 9.33. The second-order valence-electron chi connectivity index (χ2n) is 6.89. The molecule has 2 atom stereocenters. The van der Waals surface area contributed by atoms with Crippen molar-refractivity contribution in [2.24, 2.45) is 12.5 Å². The summed E-state index contributed by atoms with van der Waals surface area (Å²) in [6.07, 6.45) is 2.89. The number of aromatic amines is 1. The molecule has 0 aliphatic heterocycles. The van der Waals surface area contributed by atoms with Crippen molar-refractivity contribution < 1.29 is 9.53 Å². The van der Waals surface area contributed by atoms with Gasteiger partial charge in [0, 0.05) is 37.9 Å². The van der Waals surface area contributed by atoms with E-state index in [4.69, 9.17) is 4.74 Å². The maximum atomic E-state index is 13.0. The largest absolute Gasteiger partial charge is 0.378 e. The standard InChI is InChI=1S/C17H27N3O4/c1-6-8-20(12-9-13(24-7-2)17(12,3)4)15(22)11-10-18-16(23)19(5)14(11)21/h10,12-13H,6-9H2,1-5H3,(H,18,23)/t12-,13+/m0/s1. The minimum Gasteiger partial charge on any atom is -0.378 e. The third-order valence-electron chi connectivity index (χ3n) is 5.01. The summed E-state index contributed by atoms with van der Waals surface area (Å²) in [4.78, 5) is 40.9. The molecule has 1 aromatic rings. The predicted octanol–water partition coefficient (Wildman–Crippen LogP) is 1.13. The molecule has 0 spiro atoms. The highest BCUT2D eigenvalue weighted by atomic mass is 16.5. The number of ether oxygens (including phenoxy) is 1. The third-order valence-corrected chi connectivity index (χ3v) is 5.01. The van der Waals surface area contributed by atoms with Crippen molar-refractivity contribution in [1.82, 2.24) is 14.5 Å². The van der Waals surface area contributed by atoms with Crippen LogP contribution in [0.25, 0.3) is 0 Å². The number of nitrogens with one attached hydrogen (secondary N) is 1. The van der Waals surface area contributed by atoms with E-state index >= 15 is 0 Å². The first-order valence-electron chi connectivity index (χ1n) is 8.46. The van der Waals surface area contributed by atoms with Crippen LogP contribution in [-0.4, -0.2) is 45.7 Å². The summed E-state index contributed by atoms with van der Waals surface area (Å²) in [6, 6.07) is 0.0122. The van der Waals surface area contributed by atoms with Crippen LogP contribution in [0.2, 0.25) is 0 Å². The second kappa shape index (κ2) is 6.93. The van der Waals surface area contributed by atoms with Gasteiger partial charge in [0.1, 0.15) is 5.56 Å². The highest BCUT2D eigenvalue weighted by Gasteiger charge is 2.52. The lowest BCUT2D eigenvalue weighted by Gasteiger charge is -2.55. The van der Waals surface area contributed by atoms with Gasteiger partial charge in [0.15, 0.2) is 0 Å². The van der Waals surface area contributed by atoms with Gasteiger partial charge in [-0.1, -0.05) is 20.8 Å². The van der Waals surface area contributed by atoms with Crippen LogP contribution < -0.4 is 11.2 Å². The zero-order chi connectivity index (χ0) is 18.1. The van der Waals surface area contributed by atoms with Gasteiger partial charge < -0.3 is 14.6 Å². The molecule has 1 heterocycles. The quantitative estimate of drug-likeness (QED) is 0.843. The molecular weight excluding hydrogens is 310 g/mol. The molecule has 7 heteroatoms. The van der Waals surface area contributed by atoms with E-state index in [-0.39, 0.29) is 29.0 Å². The van der Waals surface area contributed by atoms with Crippen molar-refractivity contribution in [2.45, 2.75) is 52.7 Å². The fourth-order valence-electron chi connectivity index (χ4n) is 3.39. The summed E-state index contributed by atoms with van der Waals surface area (Å²) in [5.41, 5.74) is -1.27. The van der Waals surface area contributed by atoms with E-state index in [0.29, 0.717) is 13.2 Å². The summed E-state index contributed by atoms with van der Waals surface area (Å²) < 4.78 is 6.67. The van der Waals surface area contributed by atoms with Gasteiger partial charge in [-0.05, 0) is 19.8 Å². The molecule has 0 bridgehead atoms. The highest BCUT2D eigenvalue weighted by Crippen LogP contribution is 2.46. The Hall–Kier alpha value is -1.89. The topological polar surface area (TPSA) is 84.4 Å². The Balaban J connectivity index is 2.32. The Labute approximate surface area is 141 Å². The number of H-pyrrole nitrogens is 1. The minimum absolute atomic E-state index is 0.00112. The second-order valence-corrected chi connectivity index (χ2v) is 6.89. The van der Waals surface area contributed by atoms with Gasteiger partial charge >= 0.3 is 5.69 Å². The van der Waals surface area contributed by atoms with E-state index < -0.39 is 11.2 Å². The van der Waals surface area contributed by atoms with Gasteiger partial charge in [-0.2, -0.15) is 0 Å². The Bertz CT molecular complexity index is 719. The highest BCUT2D eigenvalue weighted by molar-refractivity contribution is 5.94. The summed E-state index contributed by atoms with van der Waals surface area (Å²) in [7, 11) is 1.36. The van der Waals surface area contributed by atoms with Crippen molar-refractivity contribution >= 4 is 5.91 Å². The fraction of sp³-hybridized carbons (Fsp3) is 0.706. The van der Waals surface area contributed by atoms with E-state index in [2.05, 4.69) is 18.8 Å². The van der Waals surface area contributed by atoms with Crippen LogP contribution in [0.1, 0.15) is 50.9 Å². The first-order chi connectivity index (χ1) is 11.3. The van der Waals surface area contributed by atoms with Crippen LogP contribution in [0.4, 0.5) is 0 Å². The average molecular weight is 337 g/mol. The van der Waals surface area contributed by atoms with Gasteiger partial charge in [-0.25, -0.2) is 4.79 Å². The molecule has 1 N–H and O–H groups in total. The predicted molar refractivity (Wildman–Crippen MR) is 91.2 cm³/mol. The van der Waals surface area contributed by atoms with Crippen molar-refractivity contribution in [2.75, 3.05) is 13.2 Å². The number of carbonyl (C=O) groups excluding carboxylic acids is 1. The zero-order valence-corrected chi connectivity index (χ0v) is 15.1. The molecule has 1 fully saturated rings. The summed E-state index contributed by atoms with van der Waals surface area (Å²) >= 11 is 0. The smallest absolute Gasteiger partial charge is 0.328 e. The molecule has 1 amide bonds. The van der Waals surface area contributed by atoms with Gasteiger partial charge in [-0.3, -0.25) is 14.2 Å². The molecule has 1 aromatic heterocycles. The third kappa shape index (κ3) is 3.05. The number of rotatable bonds is 6. The van der Waals surface area contributed by atoms with E-state index in [1.165, 1.54) is 13.2 Å². The molecule has 24 heavy (non-hydrogen) atoms. The van der Waals surface area contributed by atoms with Crippen LogP contribution in [-0.2, 0) is 11.8 Å². The maximum Gasteiger partial charge on any atom is 0.328 e. The van der Waals surface area contributed by atoms with Gasteiger partial charge in [0.2, 0.25) is 0 Å². The number of hydrogen-bond acceptors (Lipinski definition) is 4. The van der Waals surface area contributed by atoms with E-state index in [0.717, 1.165) is 17.4 Å². The molecule has 2 rings (SSSR count). The number of amides is 1. The maximum absolute atomic E-state index is 13.0. The molecule has 0 radical (unpaired) electrons. The molecule has 7 nitrogen and oxygen atoms in total. The molecule has 0 saturated heterocycles. The minimum atomic E-state index is -0.566. The van der Waals surface area contributed by atoms with Gasteiger partial charge in [0.05, 0.1) is 6.10 Å².